The predicted octanol–water partition coefficient (Wildman–Crippen LogP) is 3.64. The lowest BCUT2D eigenvalue weighted by molar-refractivity contribution is -0.136. The summed E-state index contributed by atoms with van der Waals surface area (Å²) in [6.45, 7) is 1.06. The first-order valence-electron chi connectivity index (χ1n) is 11.9. The summed E-state index contributed by atoms with van der Waals surface area (Å²) in [7, 11) is 1.60. The smallest absolute Gasteiger partial charge is 0.339 e. The lowest BCUT2D eigenvalue weighted by atomic mass is 10.0. The van der Waals surface area contributed by atoms with Crippen LogP contribution in [0.15, 0.2) is 77.4 Å². The summed E-state index contributed by atoms with van der Waals surface area (Å²) in [6, 6.07) is 19.6. The standard InChI is InChI=1S/C28H25N3O6/c1-35-20-10-8-19(9-11-20)24-17-22(21-5-2-3-6-23(21)29-24)28(34)37-18-26(32)30-12-14-31(15-13-30)27(33)25-7-4-16-36-25/h2-11,16-17H,12-15,18H2,1H3. The number of rotatable bonds is 6. The van der Waals surface area contributed by atoms with Crippen molar-refractivity contribution in [1.82, 2.24) is 14.8 Å². The van der Waals surface area contributed by atoms with E-state index in [9.17, 15) is 14.4 Å². The molecule has 9 heteroatoms. The molecule has 37 heavy (non-hydrogen) atoms. The van der Waals surface area contributed by atoms with E-state index in [1.165, 1.54) is 6.26 Å². The second-order valence-electron chi connectivity index (χ2n) is 8.53. The van der Waals surface area contributed by atoms with Crippen LogP contribution in [0.4, 0.5) is 0 Å². The van der Waals surface area contributed by atoms with Crippen LogP contribution in [0, 0.1) is 0 Å². The number of carbonyl (C=O) groups is 3. The van der Waals surface area contributed by atoms with E-state index in [4.69, 9.17) is 13.9 Å². The minimum absolute atomic E-state index is 0.208. The van der Waals surface area contributed by atoms with Crippen molar-refractivity contribution in [2.75, 3.05) is 39.9 Å². The number of esters is 1. The molecule has 1 saturated heterocycles. The first kappa shape index (κ1) is 24.1. The van der Waals surface area contributed by atoms with Crippen molar-refractivity contribution >= 4 is 28.7 Å². The molecule has 2 amide bonds. The number of hydrogen-bond acceptors (Lipinski definition) is 7. The first-order valence-corrected chi connectivity index (χ1v) is 11.9. The van der Waals surface area contributed by atoms with Crippen molar-refractivity contribution < 1.29 is 28.3 Å². The number of pyridine rings is 1. The highest BCUT2D eigenvalue weighted by molar-refractivity contribution is 6.05. The lowest BCUT2D eigenvalue weighted by Gasteiger charge is -2.34. The summed E-state index contributed by atoms with van der Waals surface area (Å²) in [5, 5.41) is 0.641. The Morgan fingerprint density at radius 1 is 0.919 bits per heavy atom. The largest absolute Gasteiger partial charge is 0.497 e. The van der Waals surface area contributed by atoms with Gasteiger partial charge in [0, 0.05) is 37.1 Å². The number of ether oxygens (including phenoxy) is 2. The minimum atomic E-state index is -0.603. The number of piperazine rings is 1. The molecule has 1 aliphatic heterocycles. The van der Waals surface area contributed by atoms with Crippen molar-refractivity contribution in [3.05, 3.63) is 84.3 Å². The molecule has 0 bridgehead atoms. The van der Waals surface area contributed by atoms with Gasteiger partial charge in [-0.1, -0.05) is 18.2 Å². The molecule has 1 aliphatic rings. The fourth-order valence-electron chi connectivity index (χ4n) is 4.27. The Bertz CT molecular complexity index is 1420. The Balaban J connectivity index is 1.25. The summed E-state index contributed by atoms with van der Waals surface area (Å²) in [5.41, 5.74) is 2.40. The fraction of sp³-hybridized carbons (Fsp3) is 0.214. The average Bonchev–Trinajstić information content (AvgIpc) is 3.50. The van der Waals surface area contributed by atoms with Gasteiger partial charge in [0.15, 0.2) is 12.4 Å². The topological polar surface area (TPSA) is 102 Å². The van der Waals surface area contributed by atoms with Crippen molar-refractivity contribution in [2.24, 2.45) is 0 Å². The number of methoxy groups -OCH3 is 1. The number of fused-ring (bicyclic) bond motifs is 1. The highest BCUT2D eigenvalue weighted by Gasteiger charge is 2.27. The van der Waals surface area contributed by atoms with E-state index < -0.39 is 5.97 Å². The number of aromatic nitrogens is 1. The molecular formula is C28H25N3O6. The molecule has 0 spiro atoms. The Morgan fingerprint density at radius 3 is 2.35 bits per heavy atom. The van der Waals surface area contributed by atoms with Gasteiger partial charge in [0.25, 0.3) is 11.8 Å². The zero-order valence-corrected chi connectivity index (χ0v) is 20.3. The third-order valence-electron chi connectivity index (χ3n) is 6.30. The van der Waals surface area contributed by atoms with Gasteiger partial charge in [-0.25, -0.2) is 9.78 Å². The third-order valence-corrected chi connectivity index (χ3v) is 6.30. The van der Waals surface area contributed by atoms with E-state index in [0.29, 0.717) is 54.1 Å². The Morgan fingerprint density at radius 2 is 1.65 bits per heavy atom. The molecule has 5 rings (SSSR count). The maximum atomic E-state index is 13.1. The van der Waals surface area contributed by atoms with E-state index in [1.807, 2.05) is 42.5 Å². The highest BCUT2D eigenvalue weighted by Crippen LogP contribution is 2.27. The molecule has 0 N–H and O–H groups in total. The van der Waals surface area contributed by atoms with Crippen LogP contribution in [0.5, 0.6) is 5.75 Å². The highest BCUT2D eigenvalue weighted by atomic mass is 16.5. The van der Waals surface area contributed by atoms with Crippen LogP contribution in [-0.2, 0) is 9.53 Å². The summed E-state index contributed by atoms with van der Waals surface area (Å²) >= 11 is 0. The van der Waals surface area contributed by atoms with Crippen LogP contribution in [0.3, 0.4) is 0 Å². The normalized spacial score (nSPS) is 13.4. The molecule has 0 radical (unpaired) electrons. The molecule has 0 aliphatic carbocycles. The lowest BCUT2D eigenvalue weighted by Crippen LogP contribution is -2.51. The zero-order chi connectivity index (χ0) is 25.8. The third kappa shape index (κ3) is 5.16. The number of nitrogens with zero attached hydrogens (tertiary/aromatic N) is 3. The zero-order valence-electron chi connectivity index (χ0n) is 20.3. The SMILES string of the molecule is COc1ccc(-c2cc(C(=O)OCC(=O)N3CCN(C(=O)c4ccco4)CC3)c3ccccc3n2)cc1. The molecule has 188 valence electrons. The molecule has 9 nitrogen and oxygen atoms in total. The number of furan rings is 1. The van der Waals surface area contributed by atoms with E-state index in [0.717, 1.165) is 5.56 Å². The molecule has 1 fully saturated rings. The second-order valence-corrected chi connectivity index (χ2v) is 8.53. The maximum Gasteiger partial charge on any atom is 0.339 e. The summed E-state index contributed by atoms with van der Waals surface area (Å²) in [4.78, 5) is 46.2. The molecule has 4 aromatic rings. The monoisotopic (exact) mass is 499 g/mol. The number of carbonyl (C=O) groups excluding carboxylic acids is 3. The van der Waals surface area contributed by atoms with Crippen LogP contribution in [0.2, 0.25) is 0 Å². The number of hydrogen-bond donors (Lipinski definition) is 0. The Labute approximate surface area is 213 Å². The molecular weight excluding hydrogens is 474 g/mol. The number of amides is 2. The van der Waals surface area contributed by atoms with Crippen LogP contribution in [0.25, 0.3) is 22.2 Å². The summed E-state index contributed by atoms with van der Waals surface area (Å²) < 4.78 is 15.8. The predicted molar refractivity (Wildman–Crippen MR) is 135 cm³/mol. The van der Waals surface area contributed by atoms with Crippen LogP contribution < -0.4 is 4.74 Å². The van der Waals surface area contributed by atoms with E-state index in [2.05, 4.69) is 4.98 Å². The minimum Gasteiger partial charge on any atom is -0.497 e. The molecule has 0 unspecified atom stereocenters. The van der Waals surface area contributed by atoms with Crippen molar-refractivity contribution in [2.45, 2.75) is 0 Å². The van der Waals surface area contributed by atoms with Crippen LogP contribution >= 0.6 is 0 Å². The van der Waals surface area contributed by atoms with E-state index in [-0.39, 0.29) is 24.2 Å². The van der Waals surface area contributed by atoms with E-state index >= 15 is 0 Å². The number of benzene rings is 2. The molecule has 2 aromatic heterocycles. The van der Waals surface area contributed by atoms with Crippen LogP contribution in [0.1, 0.15) is 20.9 Å². The average molecular weight is 500 g/mol. The summed E-state index contributed by atoms with van der Waals surface area (Å²) in [6.07, 6.45) is 1.45. The Kier molecular flexibility index (Phi) is 6.85. The molecule has 0 atom stereocenters. The molecule has 0 saturated carbocycles. The number of para-hydroxylation sites is 1. The van der Waals surface area contributed by atoms with Crippen LogP contribution in [-0.4, -0.2) is 72.5 Å². The van der Waals surface area contributed by atoms with Gasteiger partial charge < -0.3 is 23.7 Å². The Hall–Kier alpha value is -4.66. The molecule has 2 aromatic carbocycles. The van der Waals surface area contributed by atoms with Gasteiger partial charge >= 0.3 is 5.97 Å². The van der Waals surface area contributed by atoms with Gasteiger partial charge in [-0.05, 0) is 48.5 Å². The van der Waals surface area contributed by atoms with Crippen molar-refractivity contribution in [3.8, 4) is 17.0 Å². The maximum absolute atomic E-state index is 13.1. The quantitative estimate of drug-likeness (QED) is 0.373. The van der Waals surface area contributed by atoms with E-state index in [1.54, 1.807) is 41.2 Å². The molecule has 3 heterocycles. The van der Waals surface area contributed by atoms with Gasteiger partial charge in [-0.2, -0.15) is 0 Å². The van der Waals surface area contributed by atoms with Gasteiger partial charge in [0.05, 0.1) is 30.1 Å². The fourth-order valence-corrected chi connectivity index (χ4v) is 4.27. The van der Waals surface area contributed by atoms with Gasteiger partial charge in [0.1, 0.15) is 5.75 Å². The van der Waals surface area contributed by atoms with Gasteiger partial charge in [-0.15, -0.1) is 0 Å². The van der Waals surface area contributed by atoms with Crippen molar-refractivity contribution in [1.29, 1.82) is 0 Å². The summed E-state index contributed by atoms with van der Waals surface area (Å²) in [5.74, 6) is -0.137. The first-order chi connectivity index (χ1) is 18.0. The van der Waals surface area contributed by atoms with Crippen molar-refractivity contribution in [3.63, 3.8) is 0 Å². The van der Waals surface area contributed by atoms with Gasteiger partial charge in [-0.3, -0.25) is 9.59 Å². The second kappa shape index (κ2) is 10.5. The van der Waals surface area contributed by atoms with Gasteiger partial charge in [0.2, 0.25) is 0 Å².